The minimum Gasteiger partial charge on any atom is -0.370 e. The number of nitrogens with one attached hydrogen (secondary N) is 1. The number of nitrogens with zero attached hydrogens (tertiary/aromatic N) is 1. The molecule has 1 aromatic carbocycles. The zero-order valence-corrected chi connectivity index (χ0v) is 15.7. The number of carbonyl (C=O) groups is 1. The van der Waals surface area contributed by atoms with Crippen molar-refractivity contribution in [2.75, 3.05) is 19.7 Å². The van der Waals surface area contributed by atoms with Gasteiger partial charge < -0.3 is 15.0 Å². The molecule has 1 N–H and O–H groups in total. The number of hydrogen-bond acceptors (Lipinski definition) is 3. The predicted octanol–water partition coefficient (Wildman–Crippen LogP) is 3.16. The van der Waals surface area contributed by atoms with Crippen molar-refractivity contribution in [3.05, 3.63) is 34.9 Å². The Morgan fingerprint density at radius 3 is 2.88 bits per heavy atom. The number of rotatable bonds is 3. The second kappa shape index (κ2) is 8.32. The van der Waals surface area contributed by atoms with Crippen molar-refractivity contribution in [2.45, 2.75) is 58.2 Å². The zero-order valence-electron chi connectivity index (χ0n) is 14.9. The molecule has 2 aliphatic heterocycles. The smallest absolute Gasteiger partial charge is 0.224 e. The second-order valence-electron chi connectivity index (χ2n) is 7.07. The molecule has 2 aliphatic rings. The molecular weight excluding hydrogens is 324 g/mol. The van der Waals surface area contributed by atoms with Crippen LogP contribution in [0.15, 0.2) is 18.2 Å². The van der Waals surface area contributed by atoms with Crippen molar-refractivity contribution in [2.24, 2.45) is 0 Å². The minimum absolute atomic E-state index is 0. The van der Waals surface area contributed by atoms with Crippen molar-refractivity contribution in [1.29, 1.82) is 0 Å². The summed E-state index contributed by atoms with van der Waals surface area (Å²) in [6, 6.07) is 6.97. The fraction of sp³-hybridized carbons (Fsp3) is 0.632. The summed E-state index contributed by atoms with van der Waals surface area (Å²) in [5, 5.41) is 3.42. The van der Waals surface area contributed by atoms with Gasteiger partial charge in [0.1, 0.15) is 6.10 Å². The molecule has 2 fully saturated rings. The SMILES string of the molecule is Cc1ccc(C)c(C2CN(C(=O)CC3CCCN3)C(C)CO2)c1.Cl. The highest BCUT2D eigenvalue weighted by molar-refractivity contribution is 5.85. The molecule has 5 heteroatoms. The minimum atomic E-state index is -0.00779. The zero-order chi connectivity index (χ0) is 16.4. The van der Waals surface area contributed by atoms with Crippen LogP contribution in [0.1, 0.15) is 49.0 Å². The van der Waals surface area contributed by atoms with Gasteiger partial charge in [-0.15, -0.1) is 12.4 Å². The number of carbonyl (C=O) groups excluding carboxylic acids is 1. The number of ether oxygens (including phenoxy) is 1. The Labute approximate surface area is 151 Å². The number of benzene rings is 1. The molecule has 0 aliphatic carbocycles. The molecule has 3 rings (SSSR count). The first-order chi connectivity index (χ1) is 11.0. The third-order valence-corrected chi connectivity index (χ3v) is 5.12. The van der Waals surface area contributed by atoms with E-state index >= 15 is 0 Å². The number of amides is 1. The van der Waals surface area contributed by atoms with Gasteiger partial charge >= 0.3 is 0 Å². The van der Waals surface area contributed by atoms with Crippen LogP contribution in [0.2, 0.25) is 0 Å². The summed E-state index contributed by atoms with van der Waals surface area (Å²) >= 11 is 0. The highest BCUT2D eigenvalue weighted by atomic mass is 35.5. The second-order valence-corrected chi connectivity index (χ2v) is 7.07. The molecule has 4 nitrogen and oxygen atoms in total. The summed E-state index contributed by atoms with van der Waals surface area (Å²) < 4.78 is 6.05. The van der Waals surface area contributed by atoms with E-state index in [2.05, 4.69) is 44.3 Å². The normalized spacial score (nSPS) is 27.0. The quantitative estimate of drug-likeness (QED) is 0.908. The van der Waals surface area contributed by atoms with E-state index < -0.39 is 0 Å². The van der Waals surface area contributed by atoms with Gasteiger partial charge in [-0.1, -0.05) is 23.8 Å². The van der Waals surface area contributed by atoms with E-state index in [1.165, 1.54) is 23.1 Å². The monoisotopic (exact) mass is 352 g/mol. The van der Waals surface area contributed by atoms with Gasteiger partial charge in [-0.05, 0) is 51.3 Å². The van der Waals surface area contributed by atoms with Crippen LogP contribution in [0.25, 0.3) is 0 Å². The number of halogens is 1. The third-order valence-electron chi connectivity index (χ3n) is 5.12. The van der Waals surface area contributed by atoms with Gasteiger partial charge in [0.2, 0.25) is 5.91 Å². The summed E-state index contributed by atoms with van der Waals surface area (Å²) in [5.74, 6) is 0.260. The van der Waals surface area contributed by atoms with Crippen LogP contribution in [0.5, 0.6) is 0 Å². The van der Waals surface area contributed by atoms with Crippen LogP contribution in [0.4, 0.5) is 0 Å². The van der Waals surface area contributed by atoms with Crippen molar-refractivity contribution < 1.29 is 9.53 Å². The molecule has 0 aromatic heterocycles. The lowest BCUT2D eigenvalue weighted by Crippen LogP contribution is -2.49. The maximum absolute atomic E-state index is 12.7. The predicted molar refractivity (Wildman–Crippen MR) is 98.7 cm³/mol. The van der Waals surface area contributed by atoms with Crippen LogP contribution in [0.3, 0.4) is 0 Å². The fourth-order valence-corrected chi connectivity index (χ4v) is 3.66. The van der Waals surface area contributed by atoms with Crippen molar-refractivity contribution in [1.82, 2.24) is 10.2 Å². The average molecular weight is 353 g/mol. The first-order valence-corrected chi connectivity index (χ1v) is 8.76. The van der Waals surface area contributed by atoms with Crippen LogP contribution < -0.4 is 5.32 Å². The average Bonchev–Trinajstić information content (AvgIpc) is 3.03. The molecular formula is C19H29ClN2O2. The van der Waals surface area contributed by atoms with E-state index in [0.717, 1.165) is 13.0 Å². The van der Waals surface area contributed by atoms with E-state index in [0.29, 0.717) is 25.6 Å². The van der Waals surface area contributed by atoms with Crippen LogP contribution in [-0.4, -0.2) is 42.6 Å². The molecule has 24 heavy (non-hydrogen) atoms. The van der Waals surface area contributed by atoms with E-state index in [-0.39, 0.29) is 30.5 Å². The Kier molecular flexibility index (Phi) is 6.67. The van der Waals surface area contributed by atoms with Gasteiger partial charge in [-0.2, -0.15) is 0 Å². The van der Waals surface area contributed by atoms with Crippen molar-refractivity contribution in [3.63, 3.8) is 0 Å². The molecule has 1 aromatic rings. The first kappa shape index (κ1) is 19.2. The Balaban J connectivity index is 0.00000208. The van der Waals surface area contributed by atoms with E-state index in [1.807, 2.05) is 4.90 Å². The first-order valence-electron chi connectivity index (χ1n) is 8.76. The maximum atomic E-state index is 12.7. The summed E-state index contributed by atoms with van der Waals surface area (Å²) in [5.41, 5.74) is 3.69. The molecule has 2 saturated heterocycles. The van der Waals surface area contributed by atoms with Crippen LogP contribution in [0, 0.1) is 13.8 Å². The molecule has 1 amide bonds. The van der Waals surface area contributed by atoms with Crippen molar-refractivity contribution >= 4 is 18.3 Å². The molecule has 0 spiro atoms. The lowest BCUT2D eigenvalue weighted by molar-refractivity contribution is -0.145. The standard InChI is InChI=1S/C19H28N2O2.ClH/c1-13-6-7-14(2)17(9-13)18-11-21(15(3)12-23-18)19(22)10-16-5-4-8-20-16;/h6-7,9,15-16,18,20H,4-5,8,10-12H2,1-3H3;1H. The molecule has 134 valence electrons. The molecule has 0 bridgehead atoms. The molecule has 3 unspecified atom stereocenters. The fourth-order valence-electron chi connectivity index (χ4n) is 3.66. The summed E-state index contributed by atoms with van der Waals surface area (Å²) in [6.07, 6.45) is 2.91. The van der Waals surface area contributed by atoms with E-state index in [9.17, 15) is 4.79 Å². The molecule has 0 radical (unpaired) electrons. The van der Waals surface area contributed by atoms with Gasteiger partial charge in [-0.25, -0.2) is 0 Å². The van der Waals surface area contributed by atoms with Crippen LogP contribution in [-0.2, 0) is 9.53 Å². The Hall–Kier alpha value is -1.10. The van der Waals surface area contributed by atoms with Gasteiger partial charge in [0.15, 0.2) is 0 Å². The number of morpholine rings is 1. The summed E-state index contributed by atoms with van der Waals surface area (Å²) in [4.78, 5) is 14.7. The molecule has 3 atom stereocenters. The maximum Gasteiger partial charge on any atom is 0.224 e. The topological polar surface area (TPSA) is 41.6 Å². The lowest BCUT2D eigenvalue weighted by Gasteiger charge is -2.39. The number of aryl methyl sites for hydroxylation is 2. The van der Waals surface area contributed by atoms with Crippen molar-refractivity contribution in [3.8, 4) is 0 Å². The van der Waals surface area contributed by atoms with Gasteiger partial charge in [0.25, 0.3) is 0 Å². The highest BCUT2D eigenvalue weighted by Crippen LogP contribution is 2.28. The van der Waals surface area contributed by atoms with Gasteiger partial charge in [0, 0.05) is 12.5 Å². The Morgan fingerprint density at radius 2 is 2.17 bits per heavy atom. The third kappa shape index (κ3) is 4.29. The highest BCUT2D eigenvalue weighted by Gasteiger charge is 2.32. The van der Waals surface area contributed by atoms with E-state index in [4.69, 9.17) is 4.74 Å². The Morgan fingerprint density at radius 1 is 1.38 bits per heavy atom. The Bertz CT molecular complexity index is 572. The summed E-state index contributed by atoms with van der Waals surface area (Å²) in [6.45, 7) is 8.62. The lowest BCUT2D eigenvalue weighted by atomic mass is 9.98. The van der Waals surface area contributed by atoms with Gasteiger partial charge in [-0.3, -0.25) is 4.79 Å². The van der Waals surface area contributed by atoms with Crippen LogP contribution >= 0.6 is 12.4 Å². The summed E-state index contributed by atoms with van der Waals surface area (Å²) in [7, 11) is 0. The molecule has 0 saturated carbocycles. The molecule has 2 heterocycles. The largest absolute Gasteiger partial charge is 0.370 e. The van der Waals surface area contributed by atoms with E-state index in [1.54, 1.807) is 0 Å². The number of hydrogen-bond donors (Lipinski definition) is 1. The van der Waals surface area contributed by atoms with Gasteiger partial charge in [0.05, 0.1) is 19.2 Å².